The summed E-state index contributed by atoms with van der Waals surface area (Å²) < 4.78 is 54.1. The summed E-state index contributed by atoms with van der Waals surface area (Å²) in [5, 5.41) is 3.91. The Hall–Kier alpha value is -1.90. The Balaban J connectivity index is 1.31. The highest BCUT2D eigenvalue weighted by atomic mass is 35.5. The Labute approximate surface area is 213 Å². The van der Waals surface area contributed by atoms with Gasteiger partial charge in [-0.2, -0.15) is 13.2 Å². The average molecular weight is 544 g/mol. The third-order valence-electron chi connectivity index (χ3n) is 7.35. The lowest BCUT2D eigenvalue weighted by Gasteiger charge is -2.29. The van der Waals surface area contributed by atoms with E-state index >= 15 is 0 Å². The van der Waals surface area contributed by atoms with E-state index in [1.165, 1.54) is 18.2 Å². The molecule has 4 nitrogen and oxygen atoms in total. The molecule has 2 aliphatic heterocycles. The number of ketones is 1. The van der Waals surface area contributed by atoms with E-state index in [2.05, 4.69) is 5.16 Å². The highest BCUT2D eigenvalue weighted by Gasteiger charge is 2.62. The first-order valence-corrected chi connectivity index (χ1v) is 13.4. The van der Waals surface area contributed by atoms with E-state index < -0.39 is 29.0 Å². The molecule has 3 aliphatic rings. The second-order valence-corrected chi connectivity index (χ2v) is 12.1. The van der Waals surface area contributed by atoms with E-state index in [0.717, 1.165) is 24.3 Å². The van der Waals surface area contributed by atoms with Gasteiger partial charge in [0.1, 0.15) is 0 Å². The molecule has 0 N–H and O–H groups in total. The van der Waals surface area contributed by atoms with Gasteiger partial charge in [0.15, 0.2) is 5.78 Å². The summed E-state index contributed by atoms with van der Waals surface area (Å²) in [6.07, 6.45) is -3.11. The van der Waals surface area contributed by atoms with Crippen molar-refractivity contribution < 1.29 is 27.0 Å². The minimum absolute atomic E-state index is 0.000589. The molecule has 2 heterocycles. The smallest absolute Gasteiger partial charge is 0.374 e. The van der Waals surface area contributed by atoms with E-state index in [4.69, 9.17) is 28.0 Å². The van der Waals surface area contributed by atoms with Crippen LogP contribution in [0.15, 0.2) is 41.6 Å². The Morgan fingerprint density at radius 2 is 1.86 bits per heavy atom. The number of carbonyl (C=O) groups is 1. The van der Waals surface area contributed by atoms with E-state index in [0.29, 0.717) is 29.0 Å². The Kier molecular flexibility index (Phi) is 6.09. The standard InChI is InChI=1S/C25H22Cl2F3NO3S/c1-14-6-15(2-4-20(14)22(32)5-3-16-10-23(16)12-35(33)13-23)21-11-24(34-31-21,25(28,29)30)17-7-18(26)9-19(27)8-17/h2,4,6-9,16H,3,5,10-13H2,1H3/t16?,23?,24-,35?/m0/s1. The molecule has 1 saturated carbocycles. The number of alkyl halides is 3. The van der Waals surface area contributed by atoms with Gasteiger partial charge in [-0.3, -0.25) is 9.00 Å². The number of hydrogen-bond acceptors (Lipinski definition) is 4. The summed E-state index contributed by atoms with van der Waals surface area (Å²) in [4.78, 5) is 17.9. The van der Waals surface area contributed by atoms with Gasteiger partial charge in [-0.1, -0.05) is 40.5 Å². The Morgan fingerprint density at radius 3 is 2.46 bits per heavy atom. The molecule has 2 aromatic carbocycles. The van der Waals surface area contributed by atoms with Gasteiger partial charge in [-0.15, -0.1) is 0 Å². The van der Waals surface area contributed by atoms with Crippen LogP contribution in [0.5, 0.6) is 0 Å². The number of benzene rings is 2. The molecule has 2 atom stereocenters. The zero-order valence-corrected chi connectivity index (χ0v) is 21.1. The molecule has 2 aromatic rings. The molecule has 186 valence electrons. The SMILES string of the molecule is Cc1cc(C2=NO[C@@](c3cc(Cl)cc(Cl)c3)(C(F)(F)F)C2)ccc1C(=O)CCC1CC12CS(=O)C2. The molecule has 0 radical (unpaired) electrons. The van der Waals surface area contributed by atoms with Gasteiger partial charge in [-0.25, -0.2) is 0 Å². The van der Waals surface area contributed by atoms with Gasteiger partial charge in [0.25, 0.3) is 5.60 Å². The van der Waals surface area contributed by atoms with Crippen LogP contribution in [0.4, 0.5) is 13.2 Å². The molecule has 10 heteroatoms. The number of aryl methyl sites for hydroxylation is 1. The van der Waals surface area contributed by atoms with Crippen LogP contribution in [0.2, 0.25) is 10.0 Å². The maximum atomic E-state index is 14.2. The summed E-state index contributed by atoms with van der Waals surface area (Å²) in [5.74, 6) is 1.97. The third-order valence-corrected chi connectivity index (χ3v) is 9.58. The number of oxime groups is 1. The summed E-state index contributed by atoms with van der Waals surface area (Å²) >= 11 is 11.9. The molecule has 5 rings (SSSR count). The number of halogens is 5. The molecule has 2 fully saturated rings. The first-order chi connectivity index (χ1) is 16.4. The summed E-state index contributed by atoms with van der Waals surface area (Å²) in [7, 11) is -0.694. The molecule has 0 aromatic heterocycles. The first kappa shape index (κ1) is 24.8. The van der Waals surface area contributed by atoms with E-state index in [1.807, 2.05) is 0 Å². The highest BCUT2D eigenvalue weighted by Crippen LogP contribution is 2.60. The minimum atomic E-state index is -4.77. The van der Waals surface area contributed by atoms with Crippen molar-refractivity contribution >= 4 is 45.5 Å². The van der Waals surface area contributed by atoms with Crippen molar-refractivity contribution in [2.24, 2.45) is 16.5 Å². The highest BCUT2D eigenvalue weighted by molar-refractivity contribution is 7.86. The quantitative estimate of drug-likeness (QED) is 0.385. The zero-order chi connectivity index (χ0) is 25.2. The second kappa shape index (κ2) is 8.60. The predicted molar refractivity (Wildman–Crippen MR) is 130 cm³/mol. The third kappa shape index (κ3) is 4.42. The fourth-order valence-corrected chi connectivity index (χ4v) is 7.67. The second-order valence-electron chi connectivity index (χ2n) is 9.77. The van der Waals surface area contributed by atoms with Crippen LogP contribution in [0.3, 0.4) is 0 Å². The molecule has 1 unspecified atom stereocenters. The molecule has 0 bridgehead atoms. The lowest BCUT2D eigenvalue weighted by molar-refractivity contribution is -0.275. The molecular formula is C25H22Cl2F3NO3S. The number of Topliss-reactive ketones (excluding diaryl/α,β-unsaturated/α-hetero) is 1. The molecule has 35 heavy (non-hydrogen) atoms. The lowest BCUT2D eigenvalue weighted by Crippen LogP contribution is -2.42. The van der Waals surface area contributed by atoms with Crippen molar-refractivity contribution in [3.8, 4) is 0 Å². The lowest BCUT2D eigenvalue weighted by atomic mass is 9.86. The Morgan fingerprint density at radius 1 is 1.17 bits per heavy atom. The molecule has 0 amide bonds. The number of nitrogens with zero attached hydrogens (tertiary/aromatic N) is 1. The number of hydrogen-bond donors (Lipinski definition) is 0. The molecule has 1 aliphatic carbocycles. The van der Waals surface area contributed by atoms with E-state index in [9.17, 15) is 22.2 Å². The number of carbonyl (C=O) groups excluding carboxylic acids is 1. The van der Waals surface area contributed by atoms with Crippen LogP contribution in [-0.4, -0.2) is 33.4 Å². The van der Waals surface area contributed by atoms with Crippen molar-refractivity contribution in [3.05, 3.63) is 68.7 Å². The van der Waals surface area contributed by atoms with Crippen molar-refractivity contribution in [1.29, 1.82) is 0 Å². The minimum Gasteiger partial charge on any atom is -0.374 e. The summed E-state index contributed by atoms with van der Waals surface area (Å²) in [6.45, 7) is 1.76. The van der Waals surface area contributed by atoms with Gasteiger partial charge in [0, 0.05) is 56.3 Å². The Bertz CT molecular complexity index is 1250. The monoisotopic (exact) mass is 543 g/mol. The van der Waals surface area contributed by atoms with Crippen molar-refractivity contribution in [1.82, 2.24) is 0 Å². The summed E-state index contributed by atoms with van der Waals surface area (Å²) in [6, 6.07) is 8.62. The van der Waals surface area contributed by atoms with Crippen LogP contribution >= 0.6 is 23.2 Å². The van der Waals surface area contributed by atoms with Crippen LogP contribution in [-0.2, 0) is 21.2 Å². The van der Waals surface area contributed by atoms with Crippen LogP contribution in [0.25, 0.3) is 0 Å². The van der Waals surface area contributed by atoms with Crippen molar-refractivity contribution in [3.63, 3.8) is 0 Å². The van der Waals surface area contributed by atoms with Crippen molar-refractivity contribution in [2.75, 3.05) is 11.5 Å². The fraction of sp³-hybridized carbons (Fsp3) is 0.440. The maximum Gasteiger partial charge on any atom is 0.435 e. The number of rotatable bonds is 6. The zero-order valence-electron chi connectivity index (χ0n) is 18.8. The molecular weight excluding hydrogens is 522 g/mol. The van der Waals surface area contributed by atoms with Gasteiger partial charge in [-0.05, 0) is 66.5 Å². The van der Waals surface area contributed by atoms with Crippen LogP contribution < -0.4 is 0 Å². The first-order valence-electron chi connectivity index (χ1n) is 11.2. The fourth-order valence-electron chi connectivity index (χ4n) is 5.23. The maximum absolute atomic E-state index is 14.2. The van der Waals surface area contributed by atoms with Gasteiger partial charge >= 0.3 is 6.18 Å². The molecule has 1 saturated heterocycles. The van der Waals surface area contributed by atoms with Crippen molar-refractivity contribution in [2.45, 2.75) is 44.4 Å². The summed E-state index contributed by atoms with van der Waals surface area (Å²) in [5.41, 5.74) is -0.926. The normalized spacial score (nSPS) is 29.5. The topological polar surface area (TPSA) is 55.7 Å². The van der Waals surface area contributed by atoms with Crippen LogP contribution in [0, 0.1) is 18.3 Å². The average Bonchev–Trinajstić information content (AvgIpc) is 3.25. The largest absolute Gasteiger partial charge is 0.435 e. The van der Waals surface area contributed by atoms with Gasteiger partial charge in [0.05, 0.1) is 5.71 Å². The predicted octanol–water partition coefficient (Wildman–Crippen LogP) is 6.62. The van der Waals surface area contributed by atoms with E-state index in [1.54, 1.807) is 25.1 Å². The molecule has 1 spiro atoms. The van der Waals surface area contributed by atoms with Gasteiger partial charge in [0.2, 0.25) is 0 Å². The van der Waals surface area contributed by atoms with Crippen LogP contribution in [0.1, 0.15) is 52.7 Å². The van der Waals surface area contributed by atoms with E-state index in [-0.39, 0.29) is 32.5 Å². The van der Waals surface area contributed by atoms with Gasteiger partial charge < -0.3 is 4.84 Å².